The largest absolute Gasteiger partial charge is 0.378 e. The Morgan fingerprint density at radius 3 is 2.38 bits per heavy atom. The molecule has 2 aliphatic rings. The number of likely N-dealkylation sites (tertiary alicyclic amines) is 1. The molecule has 2 aliphatic heterocycles. The second-order valence-electron chi connectivity index (χ2n) is 7.02. The summed E-state index contributed by atoms with van der Waals surface area (Å²) in [7, 11) is 0. The fourth-order valence-corrected chi connectivity index (χ4v) is 3.61. The quantitative estimate of drug-likeness (QED) is 0.775. The molecule has 0 aliphatic carbocycles. The van der Waals surface area contributed by atoms with E-state index in [0.29, 0.717) is 51.7 Å². The number of rotatable bonds is 5. The van der Waals surface area contributed by atoms with Crippen molar-refractivity contribution in [1.29, 1.82) is 0 Å². The van der Waals surface area contributed by atoms with Gasteiger partial charge in [0.25, 0.3) is 5.56 Å². The van der Waals surface area contributed by atoms with Gasteiger partial charge < -0.3 is 19.1 Å². The Labute approximate surface area is 153 Å². The molecule has 142 valence electrons. The molecule has 3 rings (SSSR count). The fraction of sp³-hybridized carbons (Fsp3) is 0.632. The van der Waals surface area contributed by atoms with E-state index in [9.17, 15) is 14.4 Å². The number of hydrogen-bond donors (Lipinski definition) is 0. The van der Waals surface area contributed by atoms with Crippen LogP contribution in [0, 0.1) is 5.92 Å². The minimum absolute atomic E-state index is 0.0128. The van der Waals surface area contributed by atoms with Crippen LogP contribution >= 0.6 is 0 Å². The maximum Gasteiger partial charge on any atom is 0.250 e. The van der Waals surface area contributed by atoms with Crippen molar-refractivity contribution in [3.8, 4) is 0 Å². The van der Waals surface area contributed by atoms with E-state index in [1.165, 1.54) is 10.6 Å². The van der Waals surface area contributed by atoms with E-state index in [2.05, 4.69) is 0 Å². The number of piperidine rings is 1. The molecule has 7 heteroatoms. The lowest BCUT2D eigenvalue weighted by Crippen LogP contribution is -2.42. The van der Waals surface area contributed by atoms with Crippen LogP contribution in [0.15, 0.2) is 29.2 Å². The van der Waals surface area contributed by atoms with Crippen molar-refractivity contribution in [1.82, 2.24) is 14.4 Å². The molecular weight excluding hydrogens is 334 g/mol. The normalized spacial score (nSPS) is 18.8. The lowest BCUT2D eigenvalue weighted by atomic mass is 9.92. The molecule has 0 spiro atoms. The number of carbonyl (C=O) groups is 2. The smallest absolute Gasteiger partial charge is 0.250 e. The second kappa shape index (κ2) is 8.98. The molecule has 7 nitrogen and oxygen atoms in total. The van der Waals surface area contributed by atoms with Gasteiger partial charge in [-0.1, -0.05) is 6.07 Å². The Morgan fingerprint density at radius 1 is 1.00 bits per heavy atom. The second-order valence-corrected chi connectivity index (χ2v) is 7.02. The van der Waals surface area contributed by atoms with Gasteiger partial charge in [0.15, 0.2) is 0 Å². The van der Waals surface area contributed by atoms with Crippen LogP contribution < -0.4 is 5.56 Å². The number of carbonyl (C=O) groups excluding carboxylic acids is 2. The predicted octanol–water partition coefficient (Wildman–Crippen LogP) is 0.726. The van der Waals surface area contributed by atoms with Gasteiger partial charge in [0.2, 0.25) is 11.8 Å². The van der Waals surface area contributed by atoms with Crippen molar-refractivity contribution in [2.75, 3.05) is 39.4 Å². The summed E-state index contributed by atoms with van der Waals surface area (Å²) in [5.74, 6) is 0.694. The van der Waals surface area contributed by atoms with Crippen LogP contribution in [-0.2, 0) is 20.9 Å². The summed E-state index contributed by atoms with van der Waals surface area (Å²) >= 11 is 0. The first-order chi connectivity index (χ1) is 12.6. The van der Waals surface area contributed by atoms with E-state index >= 15 is 0 Å². The molecule has 1 aromatic rings. The fourth-order valence-electron chi connectivity index (χ4n) is 3.61. The third-order valence-electron chi connectivity index (χ3n) is 5.30. The molecule has 26 heavy (non-hydrogen) atoms. The van der Waals surface area contributed by atoms with E-state index in [0.717, 1.165) is 19.3 Å². The summed E-state index contributed by atoms with van der Waals surface area (Å²) in [6.07, 6.45) is 4.95. The Hall–Kier alpha value is -2.15. The highest BCUT2D eigenvalue weighted by atomic mass is 16.5. The summed E-state index contributed by atoms with van der Waals surface area (Å²) in [5.41, 5.74) is -0.155. The van der Waals surface area contributed by atoms with E-state index in [1.54, 1.807) is 18.3 Å². The molecule has 1 aromatic heterocycles. The molecule has 0 bridgehead atoms. The molecule has 0 unspecified atom stereocenters. The van der Waals surface area contributed by atoms with Crippen molar-refractivity contribution < 1.29 is 14.3 Å². The zero-order chi connectivity index (χ0) is 18.4. The molecule has 0 saturated carbocycles. The van der Waals surface area contributed by atoms with Gasteiger partial charge in [-0.05, 0) is 31.2 Å². The summed E-state index contributed by atoms with van der Waals surface area (Å²) in [6.45, 7) is 4.18. The van der Waals surface area contributed by atoms with Crippen molar-refractivity contribution in [3.63, 3.8) is 0 Å². The van der Waals surface area contributed by atoms with Crippen molar-refractivity contribution in [2.45, 2.75) is 32.2 Å². The predicted molar refractivity (Wildman–Crippen MR) is 96.6 cm³/mol. The van der Waals surface area contributed by atoms with Gasteiger partial charge in [0.05, 0.1) is 13.2 Å². The number of ether oxygens (including phenoxy) is 1. The zero-order valence-electron chi connectivity index (χ0n) is 15.1. The van der Waals surface area contributed by atoms with Gasteiger partial charge in [-0.2, -0.15) is 0 Å². The maximum atomic E-state index is 12.4. The SMILES string of the molecule is O=C(CCC1CCN(C(=O)Cn2ccccc2=O)CC1)N1CCOCC1. The highest BCUT2D eigenvalue weighted by Crippen LogP contribution is 2.22. The van der Waals surface area contributed by atoms with Crippen LogP contribution in [0.5, 0.6) is 0 Å². The molecule has 2 saturated heterocycles. The van der Waals surface area contributed by atoms with Gasteiger partial charge in [-0.15, -0.1) is 0 Å². The molecule has 0 radical (unpaired) electrons. The van der Waals surface area contributed by atoms with Crippen LogP contribution in [-0.4, -0.2) is 65.6 Å². The number of hydrogen-bond acceptors (Lipinski definition) is 4. The van der Waals surface area contributed by atoms with E-state index in [1.807, 2.05) is 9.80 Å². The number of amides is 2. The molecule has 0 atom stereocenters. The van der Waals surface area contributed by atoms with Gasteiger partial charge in [0, 0.05) is 44.9 Å². The van der Waals surface area contributed by atoms with Gasteiger partial charge >= 0.3 is 0 Å². The van der Waals surface area contributed by atoms with Crippen molar-refractivity contribution in [3.05, 3.63) is 34.7 Å². The number of pyridine rings is 1. The van der Waals surface area contributed by atoms with Crippen LogP contribution in [0.1, 0.15) is 25.7 Å². The first-order valence-corrected chi connectivity index (χ1v) is 9.42. The summed E-state index contributed by atoms with van der Waals surface area (Å²) in [6, 6.07) is 4.89. The Balaban J connectivity index is 1.39. The molecule has 2 amide bonds. The molecule has 0 aromatic carbocycles. The van der Waals surface area contributed by atoms with Crippen LogP contribution in [0.25, 0.3) is 0 Å². The van der Waals surface area contributed by atoms with Crippen LogP contribution in [0.3, 0.4) is 0 Å². The summed E-state index contributed by atoms with van der Waals surface area (Å²) in [5, 5.41) is 0. The number of aromatic nitrogens is 1. The van der Waals surface area contributed by atoms with Crippen LogP contribution in [0.2, 0.25) is 0 Å². The third kappa shape index (κ3) is 4.94. The molecule has 0 N–H and O–H groups in total. The monoisotopic (exact) mass is 361 g/mol. The lowest BCUT2D eigenvalue weighted by molar-refractivity contribution is -0.136. The molecular formula is C19H27N3O4. The Morgan fingerprint density at radius 2 is 1.69 bits per heavy atom. The van der Waals surface area contributed by atoms with Crippen LogP contribution in [0.4, 0.5) is 0 Å². The standard InChI is InChI=1S/C19H27N3O4/c23-17-3-1-2-8-22(17)15-19(25)20-9-6-16(7-10-20)4-5-18(24)21-11-13-26-14-12-21/h1-3,8,16H,4-7,9-15H2. The van der Waals surface area contributed by atoms with E-state index in [-0.39, 0.29) is 23.9 Å². The lowest BCUT2D eigenvalue weighted by Gasteiger charge is -2.33. The minimum atomic E-state index is -0.155. The van der Waals surface area contributed by atoms with Crippen molar-refractivity contribution >= 4 is 11.8 Å². The first-order valence-electron chi connectivity index (χ1n) is 9.42. The first kappa shape index (κ1) is 18.6. The Bertz CT molecular complexity index is 673. The van der Waals surface area contributed by atoms with Gasteiger partial charge in [0.1, 0.15) is 6.54 Å². The average molecular weight is 361 g/mol. The van der Waals surface area contributed by atoms with Gasteiger partial charge in [-0.3, -0.25) is 14.4 Å². The molecule has 2 fully saturated rings. The Kier molecular flexibility index (Phi) is 6.44. The number of morpholine rings is 1. The summed E-state index contributed by atoms with van der Waals surface area (Å²) < 4.78 is 6.72. The van der Waals surface area contributed by atoms with Gasteiger partial charge in [-0.25, -0.2) is 0 Å². The van der Waals surface area contributed by atoms with Crippen molar-refractivity contribution in [2.24, 2.45) is 5.92 Å². The average Bonchev–Trinajstić information content (AvgIpc) is 2.69. The minimum Gasteiger partial charge on any atom is -0.378 e. The highest BCUT2D eigenvalue weighted by molar-refractivity contribution is 5.76. The third-order valence-corrected chi connectivity index (χ3v) is 5.30. The van der Waals surface area contributed by atoms with E-state index < -0.39 is 0 Å². The number of nitrogens with zero attached hydrogens (tertiary/aromatic N) is 3. The summed E-state index contributed by atoms with van der Waals surface area (Å²) in [4.78, 5) is 40.1. The highest BCUT2D eigenvalue weighted by Gasteiger charge is 2.24. The zero-order valence-corrected chi connectivity index (χ0v) is 15.1. The van der Waals surface area contributed by atoms with E-state index in [4.69, 9.17) is 4.74 Å². The maximum absolute atomic E-state index is 12.4. The molecule has 3 heterocycles. The topological polar surface area (TPSA) is 71.9 Å².